The van der Waals surface area contributed by atoms with E-state index in [-0.39, 0.29) is 12.1 Å². The van der Waals surface area contributed by atoms with Crippen molar-refractivity contribution >= 4 is 23.4 Å². The van der Waals surface area contributed by atoms with Crippen LogP contribution in [0, 0.1) is 6.92 Å². The molecule has 2 N–H and O–H groups in total. The molecule has 0 aliphatic rings. The third-order valence-electron chi connectivity index (χ3n) is 2.59. The minimum Gasteiger partial charge on any atom is -0.360 e. The Morgan fingerprint density at radius 2 is 2.05 bits per heavy atom. The SMILES string of the molecule is Cc1cc(NC(=O)N[C@@H](C)c2ccc(Cl)cc2)no1. The largest absolute Gasteiger partial charge is 0.360 e. The number of amides is 2. The van der Waals surface area contributed by atoms with Crippen LogP contribution >= 0.6 is 11.6 Å². The second kappa shape index (κ2) is 5.75. The van der Waals surface area contributed by atoms with Gasteiger partial charge in [0.25, 0.3) is 0 Å². The molecule has 0 bridgehead atoms. The molecule has 0 unspecified atom stereocenters. The van der Waals surface area contributed by atoms with Gasteiger partial charge in [-0.1, -0.05) is 28.9 Å². The number of nitrogens with zero attached hydrogens (tertiary/aromatic N) is 1. The first-order valence-electron chi connectivity index (χ1n) is 5.81. The summed E-state index contributed by atoms with van der Waals surface area (Å²) in [5.41, 5.74) is 0.968. The van der Waals surface area contributed by atoms with Crippen LogP contribution in [0.2, 0.25) is 5.02 Å². The normalized spacial score (nSPS) is 11.9. The van der Waals surface area contributed by atoms with E-state index in [4.69, 9.17) is 16.1 Å². The summed E-state index contributed by atoms with van der Waals surface area (Å²) < 4.78 is 4.86. The van der Waals surface area contributed by atoms with E-state index >= 15 is 0 Å². The molecule has 0 saturated carbocycles. The summed E-state index contributed by atoms with van der Waals surface area (Å²) in [5.74, 6) is 1.03. The highest BCUT2D eigenvalue weighted by atomic mass is 35.5. The van der Waals surface area contributed by atoms with Gasteiger partial charge in [0, 0.05) is 11.1 Å². The molecular weight excluding hydrogens is 266 g/mol. The third kappa shape index (κ3) is 3.72. The average molecular weight is 280 g/mol. The molecule has 1 aromatic carbocycles. The van der Waals surface area contributed by atoms with Gasteiger partial charge in [-0.25, -0.2) is 4.79 Å². The molecule has 100 valence electrons. The fraction of sp³-hybridized carbons (Fsp3) is 0.231. The Hall–Kier alpha value is -2.01. The summed E-state index contributed by atoms with van der Waals surface area (Å²) >= 11 is 5.81. The van der Waals surface area contributed by atoms with Crippen molar-refractivity contribution in [3.8, 4) is 0 Å². The van der Waals surface area contributed by atoms with Crippen LogP contribution in [-0.4, -0.2) is 11.2 Å². The van der Waals surface area contributed by atoms with Crippen LogP contribution in [0.1, 0.15) is 24.3 Å². The van der Waals surface area contributed by atoms with Gasteiger partial charge in [-0.3, -0.25) is 5.32 Å². The first-order valence-corrected chi connectivity index (χ1v) is 6.18. The number of hydrogen-bond donors (Lipinski definition) is 2. The van der Waals surface area contributed by atoms with Crippen LogP contribution in [0.3, 0.4) is 0 Å². The predicted octanol–water partition coefficient (Wildman–Crippen LogP) is 3.52. The molecule has 0 fully saturated rings. The quantitative estimate of drug-likeness (QED) is 0.903. The first kappa shape index (κ1) is 13.4. The molecular formula is C13H14ClN3O2. The number of carbonyl (C=O) groups is 1. The number of benzene rings is 1. The zero-order valence-corrected chi connectivity index (χ0v) is 11.4. The molecule has 0 aliphatic heterocycles. The lowest BCUT2D eigenvalue weighted by atomic mass is 10.1. The second-order valence-electron chi connectivity index (χ2n) is 4.19. The maximum Gasteiger partial charge on any atom is 0.320 e. The molecule has 2 rings (SSSR count). The van der Waals surface area contributed by atoms with Crippen LogP contribution in [-0.2, 0) is 0 Å². The number of aryl methyl sites for hydroxylation is 1. The summed E-state index contributed by atoms with van der Waals surface area (Å²) in [4.78, 5) is 11.7. The van der Waals surface area contributed by atoms with E-state index in [1.54, 1.807) is 25.1 Å². The summed E-state index contributed by atoms with van der Waals surface area (Å²) in [5, 5.41) is 9.74. The van der Waals surface area contributed by atoms with Gasteiger partial charge >= 0.3 is 6.03 Å². The maximum absolute atomic E-state index is 11.7. The van der Waals surface area contributed by atoms with Gasteiger partial charge in [-0.15, -0.1) is 0 Å². The van der Waals surface area contributed by atoms with E-state index < -0.39 is 0 Å². The number of anilines is 1. The van der Waals surface area contributed by atoms with Gasteiger partial charge < -0.3 is 9.84 Å². The highest BCUT2D eigenvalue weighted by Crippen LogP contribution is 2.16. The van der Waals surface area contributed by atoms with Gasteiger partial charge in [0.05, 0.1) is 6.04 Å². The lowest BCUT2D eigenvalue weighted by molar-refractivity contribution is 0.249. The van der Waals surface area contributed by atoms with Crippen molar-refractivity contribution in [2.75, 3.05) is 5.32 Å². The van der Waals surface area contributed by atoms with Crippen LogP contribution in [0.5, 0.6) is 0 Å². The Kier molecular flexibility index (Phi) is 4.06. The Labute approximate surface area is 115 Å². The first-order chi connectivity index (χ1) is 9.04. The standard InChI is InChI=1S/C13H14ClN3O2/c1-8-7-12(17-19-8)16-13(18)15-9(2)10-3-5-11(14)6-4-10/h3-7,9H,1-2H3,(H2,15,16,17,18)/t9-/m0/s1. The van der Waals surface area contributed by atoms with Gasteiger partial charge in [-0.05, 0) is 31.5 Å². The van der Waals surface area contributed by atoms with Crippen molar-refractivity contribution in [1.29, 1.82) is 0 Å². The Balaban J connectivity index is 1.93. The lowest BCUT2D eigenvalue weighted by Gasteiger charge is -2.14. The molecule has 0 radical (unpaired) electrons. The van der Waals surface area contributed by atoms with Gasteiger partial charge in [-0.2, -0.15) is 0 Å². The molecule has 2 aromatic rings. The van der Waals surface area contributed by atoms with E-state index in [0.29, 0.717) is 16.6 Å². The smallest absolute Gasteiger partial charge is 0.320 e. The Morgan fingerprint density at radius 1 is 1.37 bits per heavy atom. The van der Waals surface area contributed by atoms with E-state index in [2.05, 4.69) is 15.8 Å². The molecule has 1 aromatic heterocycles. The Morgan fingerprint density at radius 3 is 2.63 bits per heavy atom. The predicted molar refractivity (Wildman–Crippen MR) is 73.3 cm³/mol. The van der Waals surface area contributed by atoms with Crippen molar-refractivity contribution in [2.24, 2.45) is 0 Å². The number of halogens is 1. The van der Waals surface area contributed by atoms with Gasteiger partial charge in [0.2, 0.25) is 0 Å². The monoisotopic (exact) mass is 279 g/mol. The number of hydrogen-bond acceptors (Lipinski definition) is 3. The molecule has 5 nitrogen and oxygen atoms in total. The molecule has 1 atom stereocenters. The van der Waals surface area contributed by atoms with Crippen molar-refractivity contribution in [1.82, 2.24) is 10.5 Å². The minimum absolute atomic E-state index is 0.134. The number of urea groups is 1. The lowest BCUT2D eigenvalue weighted by Crippen LogP contribution is -2.31. The highest BCUT2D eigenvalue weighted by molar-refractivity contribution is 6.30. The summed E-state index contributed by atoms with van der Waals surface area (Å²) in [6, 6.07) is 8.48. The van der Waals surface area contributed by atoms with Gasteiger partial charge in [0.1, 0.15) is 5.76 Å². The summed E-state index contributed by atoms with van der Waals surface area (Å²) in [6.07, 6.45) is 0. The van der Waals surface area contributed by atoms with Crippen LogP contribution < -0.4 is 10.6 Å². The number of nitrogens with one attached hydrogen (secondary N) is 2. The highest BCUT2D eigenvalue weighted by Gasteiger charge is 2.11. The van der Waals surface area contributed by atoms with E-state index in [9.17, 15) is 4.79 Å². The van der Waals surface area contributed by atoms with Crippen molar-refractivity contribution in [3.05, 3.63) is 46.7 Å². The molecule has 1 heterocycles. The molecule has 19 heavy (non-hydrogen) atoms. The summed E-state index contributed by atoms with van der Waals surface area (Å²) in [7, 11) is 0. The minimum atomic E-state index is -0.337. The van der Waals surface area contributed by atoms with E-state index in [1.807, 2.05) is 19.1 Å². The van der Waals surface area contributed by atoms with Crippen LogP contribution in [0.4, 0.5) is 10.6 Å². The molecule has 6 heteroatoms. The zero-order valence-electron chi connectivity index (χ0n) is 10.6. The zero-order chi connectivity index (χ0) is 13.8. The topological polar surface area (TPSA) is 67.2 Å². The van der Waals surface area contributed by atoms with Crippen LogP contribution in [0.15, 0.2) is 34.9 Å². The van der Waals surface area contributed by atoms with E-state index in [0.717, 1.165) is 5.56 Å². The fourth-order valence-corrected chi connectivity index (χ4v) is 1.74. The fourth-order valence-electron chi connectivity index (χ4n) is 1.61. The second-order valence-corrected chi connectivity index (χ2v) is 4.63. The van der Waals surface area contributed by atoms with Crippen molar-refractivity contribution in [2.45, 2.75) is 19.9 Å². The number of carbonyl (C=O) groups excluding carboxylic acids is 1. The third-order valence-corrected chi connectivity index (χ3v) is 2.84. The van der Waals surface area contributed by atoms with Crippen molar-refractivity contribution < 1.29 is 9.32 Å². The summed E-state index contributed by atoms with van der Waals surface area (Å²) in [6.45, 7) is 3.64. The maximum atomic E-state index is 11.7. The molecule has 2 amide bonds. The van der Waals surface area contributed by atoms with Gasteiger partial charge in [0.15, 0.2) is 5.82 Å². The average Bonchev–Trinajstić information content (AvgIpc) is 2.75. The van der Waals surface area contributed by atoms with Crippen molar-refractivity contribution in [3.63, 3.8) is 0 Å². The van der Waals surface area contributed by atoms with Crippen LogP contribution in [0.25, 0.3) is 0 Å². The molecule has 0 spiro atoms. The Bertz CT molecular complexity index is 566. The number of aromatic nitrogens is 1. The molecule has 0 saturated heterocycles. The molecule has 0 aliphatic carbocycles. The van der Waals surface area contributed by atoms with E-state index in [1.165, 1.54) is 0 Å². The number of rotatable bonds is 3.